The summed E-state index contributed by atoms with van der Waals surface area (Å²) in [5.41, 5.74) is 2.14. The van der Waals surface area contributed by atoms with Crippen molar-refractivity contribution in [2.24, 2.45) is 0 Å². The molecule has 0 aliphatic carbocycles. The highest BCUT2D eigenvalue weighted by atomic mass is 32.2. The van der Waals surface area contributed by atoms with Crippen LogP contribution in [0.5, 0.6) is 0 Å². The van der Waals surface area contributed by atoms with Gasteiger partial charge in [0.2, 0.25) is 5.91 Å². The molecule has 4 rings (SSSR count). The van der Waals surface area contributed by atoms with Crippen LogP contribution in [0, 0.1) is 0 Å². The van der Waals surface area contributed by atoms with Crippen LogP contribution in [-0.2, 0) is 10.5 Å². The summed E-state index contributed by atoms with van der Waals surface area (Å²) in [6.07, 6.45) is 3.29. The largest absolute Gasteiger partial charge is 0.363 e. The molecule has 36 heavy (non-hydrogen) atoms. The second kappa shape index (κ2) is 11.5. The molecule has 0 atom stereocenters. The Morgan fingerprint density at radius 1 is 1.00 bits per heavy atom. The number of benzene rings is 1. The van der Waals surface area contributed by atoms with Crippen molar-refractivity contribution in [1.29, 1.82) is 0 Å². The number of hydrogen-bond donors (Lipinski definition) is 1. The predicted molar refractivity (Wildman–Crippen MR) is 143 cm³/mol. The molecule has 0 saturated carbocycles. The fourth-order valence-electron chi connectivity index (χ4n) is 3.69. The number of rotatable bonds is 7. The van der Waals surface area contributed by atoms with Crippen LogP contribution in [0.15, 0.2) is 53.0 Å². The number of pyridine rings is 1. The third-order valence-corrected chi connectivity index (χ3v) is 7.92. The van der Waals surface area contributed by atoms with Gasteiger partial charge in [0.05, 0.1) is 16.0 Å². The molecule has 0 bridgehead atoms. The third kappa shape index (κ3) is 6.41. The molecular formula is C25H28N6O3S2. The zero-order valence-corrected chi connectivity index (χ0v) is 22.1. The molecular weight excluding hydrogens is 496 g/mol. The number of thioether (sulfide) groups is 1. The number of piperazine rings is 1. The van der Waals surface area contributed by atoms with Crippen LogP contribution in [0.1, 0.15) is 33.2 Å². The Hall–Kier alpha value is -3.44. The molecule has 1 N–H and O–H groups in total. The second-order valence-electron chi connectivity index (χ2n) is 8.53. The standard InChI is InChI=1S/C25H28N6O3S2/c1-17(32)30-9-11-31(12-10-30)24(34)19-6-4-5-18(13-19)16-35-22-15-27-25(36-22)28-23(33)20-7-8-21(26-14-20)29(2)3/h4-8,13-15H,9-12,16H2,1-3H3,(H,27,28,33). The van der Waals surface area contributed by atoms with E-state index in [0.29, 0.717) is 48.2 Å². The van der Waals surface area contributed by atoms with Crippen molar-refractivity contribution < 1.29 is 14.4 Å². The summed E-state index contributed by atoms with van der Waals surface area (Å²) < 4.78 is 0.962. The number of anilines is 2. The number of amides is 3. The summed E-state index contributed by atoms with van der Waals surface area (Å²) in [7, 11) is 3.79. The normalized spacial score (nSPS) is 13.4. The molecule has 1 aromatic carbocycles. The van der Waals surface area contributed by atoms with E-state index < -0.39 is 0 Å². The van der Waals surface area contributed by atoms with Crippen LogP contribution >= 0.6 is 23.1 Å². The first kappa shape index (κ1) is 25.6. The van der Waals surface area contributed by atoms with Crippen LogP contribution in [0.2, 0.25) is 0 Å². The first-order valence-electron chi connectivity index (χ1n) is 11.5. The summed E-state index contributed by atoms with van der Waals surface area (Å²) in [5, 5.41) is 3.34. The Balaban J connectivity index is 1.30. The van der Waals surface area contributed by atoms with Crippen LogP contribution in [0.3, 0.4) is 0 Å². The highest BCUT2D eigenvalue weighted by Crippen LogP contribution is 2.31. The van der Waals surface area contributed by atoms with Gasteiger partial charge in [0.15, 0.2) is 5.13 Å². The topological polar surface area (TPSA) is 98.7 Å². The smallest absolute Gasteiger partial charge is 0.259 e. The molecule has 1 fully saturated rings. The monoisotopic (exact) mass is 524 g/mol. The zero-order valence-electron chi connectivity index (χ0n) is 20.4. The number of thiazole rings is 1. The van der Waals surface area contributed by atoms with Crippen LogP contribution < -0.4 is 10.2 Å². The molecule has 0 spiro atoms. The van der Waals surface area contributed by atoms with Crippen molar-refractivity contribution in [3.63, 3.8) is 0 Å². The summed E-state index contributed by atoms with van der Waals surface area (Å²) in [5.74, 6) is 1.23. The molecule has 188 valence electrons. The van der Waals surface area contributed by atoms with Gasteiger partial charge >= 0.3 is 0 Å². The Kier molecular flexibility index (Phi) is 8.21. The quantitative estimate of drug-likeness (QED) is 0.473. The molecule has 0 unspecified atom stereocenters. The number of nitrogens with zero attached hydrogens (tertiary/aromatic N) is 5. The van der Waals surface area contributed by atoms with Crippen molar-refractivity contribution in [1.82, 2.24) is 19.8 Å². The van der Waals surface area contributed by atoms with E-state index in [2.05, 4.69) is 15.3 Å². The van der Waals surface area contributed by atoms with Crippen molar-refractivity contribution in [2.75, 3.05) is 50.5 Å². The SMILES string of the molecule is CC(=O)N1CCN(C(=O)c2cccc(CSc3cnc(NC(=O)c4ccc(N(C)C)nc4)s3)c2)CC1. The zero-order chi connectivity index (χ0) is 25.7. The minimum Gasteiger partial charge on any atom is -0.363 e. The van der Waals surface area contributed by atoms with Gasteiger partial charge in [-0.3, -0.25) is 19.7 Å². The van der Waals surface area contributed by atoms with Gasteiger partial charge in [-0.05, 0) is 29.8 Å². The molecule has 9 nitrogen and oxygen atoms in total. The number of hydrogen-bond acceptors (Lipinski definition) is 8. The first-order chi connectivity index (χ1) is 17.3. The van der Waals surface area contributed by atoms with E-state index in [1.165, 1.54) is 11.3 Å². The maximum Gasteiger partial charge on any atom is 0.259 e. The lowest BCUT2D eigenvalue weighted by Crippen LogP contribution is -2.50. The van der Waals surface area contributed by atoms with E-state index in [0.717, 1.165) is 15.6 Å². The van der Waals surface area contributed by atoms with Gasteiger partial charge in [0.25, 0.3) is 11.8 Å². The van der Waals surface area contributed by atoms with Crippen molar-refractivity contribution in [3.8, 4) is 0 Å². The summed E-state index contributed by atoms with van der Waals surface area (Å²) in [6, 6.07) is 11.2. The van der Waals surface area contributed by atoms with E-state index in [4.69, 9.17) is 0 Å². The Labute approximate surface area is 218 Å². The predicted octanol–water partition coefficient (Wildman–Crippen LogP) is 3.45. The van der Waals surface area contributed by atoms with Gasteiger partial charge in [0, 0.05) is 64.7 Å². The van der Waals surface area contributed by atoms with Crippen molar-refractivity contribution in [2.45, 2.75) is 16.9 Å². The summed E-state index contributed by atoms with van der Waals surface area (Å²) in [6.45, 7) is 3.78. The van der Waals surface area contributed by atoms with E-state index in [1.807, 2.05) is 43.3 Å². The average molecular weight is 525 g/mol. The summed E-state index contributed by atoms with van der Waals surface area (Å²) >= 11 is 3.00. The Bertz CT molecular complexity index is 1240. The molecule has 11 heteroatoms. The highest BCUT2D eigenvalue weighted by Gasteiger charge is 2.23. The molecule has 2 aromatic heterocycles. The van der Waals surface area contributed by atoms with Crippen LogP contribution in [-0.4, -0.2) is 77.8 Å². The minimum atomic E-state index is -0.256. The Morgan fingerprint density at radius 3 is 2.42 bits per heavy atom. The van der Waals surface area contributed by atoms with E-state index in [1.54, 1.807) is 53.0 Å². The maximum absolute atomic E-state index is 12.9. The van der Waals surface area contributed by atoms with Gasteiger partial charge in [-0.2, -0.15) is 0 Å². The Morgan fingerprint density at radius 2 is 1.75 bits per heavy atom. The average Bonchev–Trinajstić information content (AvgIpc) is 3.34. The lowest BCUT2D eigenvalue weighted by Gasteiger charge is -2.34. The number of nitrogens with one attached hydrogen (secondary N) is 1. The van der Waals surface area contributed by atoms with E-state index >= 15 is 0 Å². The third-order valence-electron chi connectivity index (χ3n) is 5.74. The number of carbonyl (C=O) groups is 3. The van der Waals surface area contributed by atoms with Crippen LogP contribution in [0.25, 0.3) is 0 Å². The van der Waals surface area contributed by atoms with Gasteiger partial charge in [-0.25, -0.2) is 9.97 Å². The molecule has 3 heterocycles. The molecule has 1 saturated heterocycles. The van der Waals surface area contributed by atoms with Gasteiger partial charge < -0.3 is 14.7 Å². The van der Waals surface area contributed by atoms with Gasteiger partial charge in [-0.1, -0.05) is 23.5 Å². The van der Waals surface area contributed by atoms with E-state index in [-0.39, 0.29) is 17.7 Å². The van der Waals surface area contributed by atoms with Crippen molar-refractivity contribution in [3.05, 3.63) is 65.5 Å². The molecule has 3 amide bonds. The van der Waals surface area contributed by atoms with Gasteiger partial charge in [0.1, 0.15) is 5.82 Å². The van der Waals surface area contributed by atoms with Crippen LogP contribution in [0.4, 0.5) is 10.9 Å². The molecule has 1 aliphatic rings. The molecule has 3 aromatic rings. The number of carbonyl (C=O) groups excluding carboxylic acids is 3. The molecule has 1 aliphatic heterocycles. The fourth-order valence-corrected chi connectivity index (χ4v) is 5.50. The lowest BCUT2D eigenvalue weighted by molar-refractivity contribution is -0.130. The highest BCUT2D eigenvalue weighted by molar-refractivity contribution is 8.00. The second-order valence-corrected chi connectivity index (χ2v) is 10.8. The fraction of sp³-hybridized carbons (Fsp3) is 0.320. The lowest BCUT2D eigenvalue weighted by atomic mass is 10.1. The van der Waals surface area contributed by atoms with Crippen molar-refractivity contribution >= 4 is 51.8 Å². The maximum atomic E-state index is 12.9. The minimum absolute atomic E-state index is 0.0130. The molecule has 0 radical (unpaired) electrons. The first-order valence-corrected chi connectivity index (χ1v) is 13.3. The number of aromatic nitrogens is 2. The van der Waals surface area contributed by atoms with Gasteiger partial charge in [-0.15, -0.1) is 11.8 Å². The summed E-state index contributed by atoms with van der Waals surface area (Å²) in [4.78, 5) is 51.0. The van der Waals surface area contributed by atoms with E-state index in [9.17, 15) is 14.4 Å².